The molecule has 0 fully saturated rings. The highest BCUT2D eigenvalue weighted by Gasteiger charge is 2.16. The van der Waals surface area contributed by atoms with Crippen molar-refractivity contribution in [3.05, 3.63) is 59.5 Å². The highest BCUT2D eigenvalue weighted by molar-refractivity contribution is 7.85. The highest BCUT2D eigenvalue weighted by Crippen LogP contribution is 2.14. The van der Waals surface area contributed by atoms with Gasteiger partial charge >= 0.3 is 11.9 Å². The molecule has 0 atom stereocenters. The smallest absolute Gasteiger partial charge is 0.344 e. The molecule has 7 nitrogen and oxygen atoms in total. The van der Waals surface area contributed by atoms with Crippen LogP contribution in [0.25, 0.3) is 11.1 Å². The molecule has 3 aromatic rings. The molecule has 3 rings (SSSR count). The van der Waals surface area contributed by atoms with Gasteiger partial charge in [0.1, 0.15) is 17.2 Å². The molecule has 8 heteroatoms. The topological polar surface area (TPSA) is 112 Å². The minimum absolute atomic E-state index is 0.178. The van der Waals surface area contributed by atoms with Crippen LogP contribution in [-0.2, 0) is 17.2 Å². The van der Waals surface area contributed by atoms with Crippen LogP contribution in [0.5, 0.6) is 0 Å². The van der Waals surface area contributed by atoms with Gasteiger partial charge in [0.25, 0.3) is 5.52 Å². The Morgan fingerprint density at radius 2 is 1.72 bits per heavy atom. The molecule has 0 saturated heterocycles. The van der Waals surface area contributed by atoms with Gasteiger partial charge in [-0.25, -0.2) is 13.2 Å². The molecule has 0 saturated carbocycles. The maximum atomic E-state index is 10.7. The summed E-state index contributed by atoms with van der Waals surface area (Å²) in [6.45, 7) is 3.65. The van der Waals surface area contributed by atoms with E-state index >= 15 is 0 Å². The fourth-order valence-corrected chi connectivity index (χ4v) is 2.57. The third kappa shape index (κ3) is 4.43. The number of oxazole rings is 1. The van der Waals surface area contributed by atoms with E-state index in [1.165, 1.54) is 18.2 Å². The predicted molar refractivity (Wildman–Crippen MR) is 88.2 cm³/mol. The number of aryl methyl sites for hydroxylation is 3. The van der Waals surface area contributed by atoms with Crippen molar-refractivity contribution in [3.8, 4) is 0 Å². The number of hydrogen-bond donors (Lipinski definition) is 1. The van der Waals surface area contributed by atoms with Gasteiger partial charge in [0.2, 0.25) is 5.58 Å². The van der Waals surface area contributed by atoms with Gasteiger partial charge in [0.05, 0.1) is 17.4 Å². The van der Waals surface area contributed by atoms with E-state index in [1.54, 1.807) is 24.3 Å². The Hall–Kier alpha value is -2.71. The van der Waals surface area contributed by atoms with Gasteiger partial charge in [0.15, 0.2) is 0 Å². The van der Waals surface area contributed by atoms with E-state index in [9.17, 15) is 17.8 Å². The number of aromatic nitrogens is 1. The van der Waals surface area contributed by atoms with Crippen LogP contribution in [0.3, 0.4) is 0 Å². The highest BCUT2D eigenvalue weighted by atomic mass is 32.2. The molecular formula is C17H17NO6S. The summed E-state index contributed by atoms with van der Waals surface area (Å²) in [4.78, 5) is 10.5. The molecule has 1 N–H and O–H groups in total. The van der Waals surface area contributed by atoms with E-state index in [0.717, 1.165) is 17.0 Å². The van der Waals surface area contributed by atoms with E-state index in [0.29, 0.717) is 5.58 Å². The maximum absolute atomic E-state index is 10.7. The third-order valence-electron chi connectivity index (χ3n) is 3.61. The van der Waals surface area contributed by atoms with Gasteiger partial charge in [-0.3, -0.25) is 0 Å². The lowest BCUT2D eigenvalue weighted by Crippen LogP contribution is -2.29. The summed E-state index contributed by atoms with van der Waals surface area (Å²) in [5, 5.41) is 8.80. The summed E-state index contributed by atoms with van der Waals surface area (Å²) in [5.41, 5.74) is 2.70. The molecule has 0 unspecified atom stereocenters. The summed E-state index contributed by atoms with van der Waals surface area (Å²) < 4.78 is 38.4. The molecule has 0 aliphatic rings. The first kappa shape index (κ1) is 18.6. The Labute approximate surface area is 144 Å². The maximum Gasteiger partial charge on any atom is 0.344 e. The summed E-state index contributed by atoms with van der Waals surface area (Å²) in [5.74, 6) is -0.173. The zero-order chi connectivity index (χ0) is 18.8. The number of aromatic carboxylic acids is 1. The Morgan fingerprint density at radius 3 is 2.24 bits per heavy atom. The predicted octanol–water partition coefficient (Wildman–Crippen LogP) is 2.16. The first-order valence-corrected chi connectivity index (χ1v) is 8.65. The average Bonchev–Trinajstić information content (AvgIpc) is 2.82. The number of benzene rings is 2. The molecule has 1 heterocycles. The van der Waals surface area contributed by atoms with E-state index < -0.39 is 16.1 Å². The monoisotopic (exact) mass is 363 g/mol. The van der Waals surface area contributed by atoms with E-state index in [-0.39, 0.29) is 10.5 Å². The SMILES string of the molecule is Cc1ccc(S(=O)(=O)[O-])cc1.Cc1oc2ccc(C(=O)O)cc2[n+]1C. The van der Waals surface area contributed by atoms with Crippen molar-refractivity contribution >= 4 is 27.2 Å². The molecule has 2 aromatic carbocycles. The van der Waals surface area contributed by atoms with Crippen molar-refractivity contribution in [1.29, 1.82) is 0 Å². The van der Waals surface area contributed by atoms with Crippen molar-refractivity contribution in [2.24, 2.45) is 7.05 Å². The van der Waals surface area contributed by atoms with Crippen molar-refractivity contribution in [3.63, 3.8) is 0 Å². The Kier molecular flexibility index (Phi) is 5.24. The van der Waals surface area contributed by atoms with Crippen molar-refractivity contribution in [2.75, 3.05) is 0 Å². The summed E-state index contributed by atoms with van der Waals surface area (Å²) in [7, 11) is -2.43. The van der Waals surface area contributed by atoms with Crippen LogP contribution in [0.15, 0.2) is 51.8 Å². The lowest BCUT2D eigenvalue weighted by molar-refractivity contribution is -0.657. The van der Waals surface area contributed by atoms with Crippen LogP contribution in [0.4, 0.5) is 0 Å². The number of carbonyl (C=O) groups is 1. The molecule has 0 aliphatic heterocycles. The summed E-state index contributed by atoms with van der Waals surface area (Å²) in [6.07, 6.45) is 0. The minimum atomic E-state index is -4.27. The fraction of sp³-hybridized carbons (Fsp3) is 0.176. The van der Waals surface area contributed by atoms with E-state index in [4.69, 9.17) is 9.52 Å². The van der Waals surface area contributed by atoms with Gasteiger partial charge in [0, 0.05) is 6.07 Å². The van der Waals surface area contributed by atoms with Gasteiger partial charge in [-0.05, 0) is 31.2 Å². The van der Waals surface area contributed by atoms with Crippen molar-refractivity contribution in [2.45, 2.75) is 18.7 Å². The van der Waals surface area contributed by atoms with Crippen molar-refractivity contribution < 1.29 is 31.9 Å². The van der Waals surface area contributed by atoms with E-state index in [1.807, 2.05) is 25.5 Å². The molecule has 0 spiro atoms. The zero-order valence-corrected chi connectivity index (χ0v) is 14.7. The van der Waals surface area contributed by atoms with Gasteiger partial charge in [-0.2, -0.15) is 4.57 Å². The quantitative estimate of drug-likeness (QED) is 0.552. The van der Waals surface area contributed by atoms with Crippen LogP contribution >= 0.6 is 0 Å². The lowest BCUT2D eigenvalue weighted by atomic mass is 10.2. The summed E-state index contributed by atoms with van der Waals surface area (Å²) in [6, 6.07) is 10.6. The van der Waals surface area contributed by atoms with Crippen LogP contribution in [0, 0.1) is 13.8 Å². The number of nitrogens with zero attached hydrogens (tertiary/aromatic N) is 1. The molecular weight excluding hydrogens is 346 g/mol. The second-order valence-corrected chi connectivity index (χ2v) is 6.81. The Balaban J connectivity index is 0.000000186. The fourth-order valence-electron chi connectivity index (χ4n) is 2.10. The first-order chi connectivity index (χ1) is 11.6. The molecule has 132 valence electrons. The molecule has 0 radical (unpaired) electrons. The molecule has 25 heavy (non-hydrogen) atoms. The summed E-state index contributed by atoms with van der Waals surface area (Å²) >= 11 is 0. The minimum Gasteiger partial charge on any atom is -0.744 e. The second kappa shape index (κ2) is 7.04. The number of hydrogen-bond acceptors (Lipinski definition) is 5. The van der Waals surface area contributed by atoms with Crippen molar-refractivity contribution in [1.82, 2.24) is 0 Å². The third-order valence-corrected chi connectivity index (χ3v) is 4.46. The van der Waals surface area contributed by atoms with Gasteiger partial charge in [-0.1, -0.05) is 17.7 Å². The second-order valence-electron chi connectivity index (χ2n) is 5.43. The number of fused-ring (bicyclic) bond motifs is 1. The van der Waals surface area contributed by atoms with Gasteiger partial charge < -0.3 is 14.1 Å². The number of rotatable bonds is 2. The molecule has 0 amide bonds. The number of carboxylic acids is 1. The average molecular weight is 363 g/mol. The van der Waals surface area contributed by atoms with E-state index in [2.05, 4.69) is 0 Å². The lowest BCUT2D eigenvalue weighted by Gasteiger charge is -2.05. The number of carboxylic acid groups (broad SMARTS) is 1. The molecule has 1 aromatic heterocycles. The van der Waals surface area contributed by atoms with Crippen LogP contribution in [0.2, 0.25) is 0 Å². The van der Waals surface area contributed by atoms with Gasteiger partial charge in [-0.15, -0.1) is 0 Å². The Morgan fingerprint density at radius 1 is 1.12 bits per heavy atom. The van der Waals surface area contributed by atoms with Crippen LogP contribution < -0.4 is 4.57 Å². The molecule has 0 bridgehead atoms. The molecule has 0 aliphatic carbocycles. The van der Waals surface area contributed by atoms with Crippen LogP contribution in [-0.4, -0.2) is 24.0 Å². The Bertz CT molecular complexity index is 1020. The standard InChI is InChI=1S/C10H9NO3.C7H8O3S/c1-6-11(2)8-5-7(10(12)13)3-4-9(8)14-6;1-6-2-4-7(5-3-6)11(8,9)10/h3-5H,1-2H3;2-5H,1H3,(H,8,9,10). The zero-order valence-electron chi connectivity index (χ0n) is 13.9. The normalized spacial score (nSPS) is 11.0. The van der Waals surface area contributed by atoms with Crippen LogP contribution in [0.1, 0.15) is 21.8 Å². The largest absolute Gasteiger partial charge is 0.744 e. The first-order valence-electron chi connectivity index (χ1n) is 7.24.